The maximum Gasteiger partial charge on any atom is 0.257 e. The van der Waals surface area contributed by atoms with Crippen molar-refractivity contribution in [3.05, 3.63) is 105 Å². The Bertz CT molecular complexity index is 2250. The molecule has 1 fully saturated rings. The number of benzene rings is 1. The molecule has 1 aliphatic carbocycles. The number of pyridine rings is 3. The Morgan fingerprint density at radius 3 is 2.79 bits per heavy atom. The van der Waals surface area contributed by atoms with Gasteiger partial charge in [-0.05, 0) is 84.9 Å². The van der Waals surface area contributed by atoms with Crippen molar-refractivity contribution in [2.75, 3.05) is 11.9 Å². The Hall–Kier alpha value is -4.74. The van der Waals surface area contributed by atoms with Gasteiger partial charge >= 0.3 is 0 Å². The van der Waals surface area contributed by atoms with Gasteiger partial charge in [0.15, 0.2) is 0 Å². The molecule has 0 radical (unpaired) electrons. The summed E-state index contributed by atoms with van der Waals surface area (Å²) in [5.74, 6) is 1.23. The van der Waals surface area contributed by atoms with Crippen LogP contribution in [-0.2, 0) is 19.3 Å². The number of thiophene rings is 1. The molecule has 9 nitrogen and oxygen atoms in total. The van der Waals surface area contributed by atoms with Crippen molar-refractivity contribution in [3.8, 4) is 21.9 Å². The SMILES string of the molecule is Cc1nnc(-c2c(CCc3ccc(F)cc3)nc3c(c2-c2cc4ccnc(N[C@H]5CCc6c(Cl)cncc65)c4s2)C(=O)N2CCC[C@H]32)o1. The number of hydrogen-bond donors (Lipinski definition) is 1. The predicted molar refractivity (Wildman–Crippen MR) is 182 cm³/mol. The molecule has 1 N–H and O–H groups in total. The molecular weight excluding hydrogens is 649 g/mol. The minimum atomic E-state index is -0.274. The highest BCUT2D eigenvalue weighted by molar-refractivity contribution is 7.23. The van der Waals surface area contributed by atoms with Crippen LogP contribution >= 0.6 is 22.9 Å². The molecule has 1 aromatic carbocycles. The molecule has 9 rings (SSSR count). The lowest BCUT2D eigenvalue weighted by molar-refractivity contribution is 0.0776. The molecule has 2 aliphatic heterocycles. The fourth-order valence-corrected chi connectivity index (χ4v) is 8.93. The lowest BCUT2D eigenvalue weighted by Crippen LogP contribution is -2.22. The molecule has 1 saturated heterocycles. The van der Waals surface area contributed by atoms with Crippen LogP contribution in [0.3, 0.4) is 0 Å². The molecule has 0 saturated carbocycles. The molecule has 3 aliphatic rings. The normalized spacial score (nSPS) is 18.1. The third-order valence-electron chi connectivity index (χ3n) is 9.73. The summed E-state index contributed by atoms with van der Waals surface area (Å²) in [6.07, 6.45) is 10.1. The zero-order valence-corrected chi connectivity index (χ0v) is 27.5. The maximum atomic E-state index is 14.2. The van der Waals surface area contributed by atoms with E-state index in [-0.39, 0.29) is 23.8 Å². The quantitative estimate of drug-likeness (QED) is 0.181. The number of aryl methyl sites for hydroxylation is 3. The average molecular weight is 678 g/mol. The van der Waals surface area contributed by atoms with Gasteiger partial charge in [-0.3, -0.25) is 14.8 Å². The molecule has 0 bridgehead atoms. The van der Waals surface area contributed by atoms with Gasteiger partial charge < -0.3 is 14.6 Å². The van der Waals surface area contributed by atoms with Gasteiger partial charge in [0.25, 0.3) is 5.91 Å². The Labute approximate surface area is 284 Å². The minimum absolute atomic E-state index is 0.0153. The van der Waals surface area contributed by atoms with Gasteiger partial charge in [0.1, 0.15) is 11.6 Å². The van der Waals surface area contributed by atoms with E-state index in [0.717, 1.165) is 80.1 Å². The Balaban J connectivity index is 1.21. The van der Waals surface area contributed by atoms with Crippen molar-refractivity contribution < 1.29 is 13.6 Å². The number of nitrogens with zero attached hydrogens (tertiary/aromatic N) is 6. The molecule has 0 spiro atoms. The van der Waals surface area contributed by atoms with Crippen molar-refractivity contribution in [1.29, 1.82) is 0 Å². The second-order valence-corrected chi connectivity index (χ2v) is 14.1. The second-order valence-electron chi connectivity index (χ2n) is 12.6. The molecule has 0 unspecified atom stereocenters. The van der Waals surface area contributed by atoms with Crippen LogP contribution in [0.25, 0.3) is 32.0 Å². The summed E-state index contributed by atoms with van der Waals surface area (Å²) in [7, 11) is 0. The van der Waals surface area contributed by atoms with Gasteiger partial charge in [0.05, 0.1) is 44.3 Å². The monoisotopic (exact) mass is 677 g/mol. The summed E-state index contributed by atoms with van der Waals surface area (Å²) in [5.41, 5.74) is 6.84. The van der Waals surface area contributed by atoms with E-state index in [0.29, 0.717) is 47.3 Å². The molecular formula is C36H29ClFN7O2S. The molecule has 2 atom stereocenters. The van der Waals surface area contributed by atoms with Crippen LogP contribution in [0.2, 0.25) is 5.02 Å². The highest BCUT2D eigenvalue weighted by Gasteiger charge is 2.45. The first-order valence-electron chi connectivity index (χ1n) is 16.1. The third kappa shape index (κ3) is 4.78. The van der Waals surface area contributed by atoms with Crippen LogP contribution in [0.4, 0.5) is 10.2 Å². The van der Waals surface area contributed by atoms with Gasteiger partial charge in [-0.15, -0.1) is 21.5 Å². The van der Waals surface area contributed by atoms with Gasteiger partial charge in [0.2, 0.25) is 11.8 Å². The molecule has 7 heterocycles. The zero-order chi connectivity index (χ0) is 32.5. The van der Waals surface area contributed by atoms with Crippen molar-refractivity contribution in [2.24, 2.45) is 0 Å². The highest BCUT2D eigenvalue weighted by Crippen LogP contribution is 2.50. The summed E-state index contributed by atoms with van der Waals surface area (Å²) in [6.45, 7) is 2.45. The van der Waals surface area contributed by atoms with Crippen molar-refractivity contribution in [1.82, 2.24) is 30.0 Å². The first-order valence-corrected chi connectivity index (χ1v) is 17.3. The van der Waals surface area contributed by atoms with Crippen molar-refractivity contribution >= 4 is 44.7 Å². The van der Waals surface area contributed by atoms with Crippen LogP contribution in [0.5, 0.6) is 0 Å². The van der Waals surface area contributed by atoms with E-state index < -0.39 is 0 Å². The molecule has 1 amide bonds. The highest BCUT2D eigenvalue weighted by atomic mass is 35.5. The fraction of sp³-hybridized carbons (Fsp3) is 0.278. The summed E-state index contributed by atoms with van der Waals surface area (Å²) in [5, 5.41) is 14.0. The lowest BCUT2D eigenvalue weighted by atomic mass is 9.93. The largest absolute Gasteiger partial charge is 0.421 e. The van der Waals surface area contributed by atoms with Gasteiger partial charge in [-0.2, -0.15) is 0 Å². The van der Waals surface area contributed by atoms with E-state index in [4.69, 9.17) is 26.0 Å². The lowest BCUT2D eigenvalue weighted by Gasteiger charge is -2.16. The topological polar surface area (TPSA) is 110 Å². The van der Waals surface area contributed by atoms with E-state index in [1.165, 1.54) is 12.1 Å². The van der Waals surface area contributed by atoms with E-state index in [2.05, 4.69) is 26.6 Å². The predicted octanol–water partition coefficient (Wildman–Crippen LogP) is 8.08. The number of carbonyl (C=O) groups is 1. The Morgan fingerprint density at radius 1 is 1.08 bits per heavy atom. The van der Waals surface area contributed by atoms with Crippen molar-refractivity contribution in [3.63, 3.8) is 0 Å². The number of aromatic nitrogens is 5. The second kappa shape index (κ2) is 11.5. The number of hydrogen-bond acceptors (Lipinski definition) is 9. The number of rotatable bonds is 7. The Kier molecular flexibility index (Phi) is 7.01. The minimum Gasteiger partial charge on any atom is -0.421 e. The number of fused-ring (bicyclic) bond motifs is 5. The van der Waals surface area contributed by atoms with E-state index >= 15 is 0 Å². The maximum absolute atomic E-state index is 14.2. The number of anilines is 1. The van der Waals surface area contributed by atoms with Gasteiger partial charge in [-0.25, -0.2) is 9.37 Å². The fourth-order valence-electron chi connectivity index (χ4n) is 7.51. The van der Waals surface area contributed by atoms with E-state index in [9.17, 15) is 9.18 Å². The smallest absolute Gasteiger partial charge is 0.257 e. The summed E-state index contributed by atoms with van der Waals surface area (Å²) in [6, 6.07) is 10.6. The van der Waals surface area contributed by atoms with Crippen LogP contribution in [0.15, 0.2) is 59.4 Å². The van der Waals surface area contributed by atoms with Crippen LogP contribution in [0, 0.1) is 12.7 Å². The molecule has 48 heavy (non-hydrogen) atoms. The molecule has 5 aromatic heterocycles. The summed E-state index contributed by atoms with van der Waals surface area (Å²) < 4.78 is 20.8. The van der Waals surface area contributed by atoms with E-state index in [1.807, 2.05) is 23.4 Å². The standard InChI is InChI=1S/C36H29ClFN7O2S/c1-18-43-44-35(47-18)29-26(10-6-19-4-7-21(38)8-5-19)41-32-27-3-2-14-45(27)36(46)31(32)30(29)28-15-20-12-13-40-34(33(20)48-28)42-25-11-9-22-23(25)16-39-17-24(22)37/h4-5,7-8,12-13,15-17,25,27H,2-3,6,9-11,14H2,1H3,(H,40,42)/t25-,27+/m0/s1. The van der Waals surface area contributed by atoms with Crippen molar-refractivity contribution in [2.45, 2.75) is 57.5 Å². The number of carbonyl (C=O) groups excluding carboxylic acids is 1. The number of nitrogens with one attached hydrogen (secondary N) is 1. The first kappa shape index (κ1) is 29.4. The Morgan fingerprint density at radius 2 is 1.96 bits per heavy atom. The third-order valence-corrected chi connectivity index (χ3v) is 11.2. The van der Waals surface area contributed by atoms with Gasteiger partial charge in [0, 0.05) is 42.5 Å². The van der Waals surface area contributed by atoms with E-state index in [1.54, 1.807) is 36.6 Å². The van der Waals surface area contributed by atoms with Crippen LogP contribution in [0.1, 0.15) is 75.7 Å². The van der Waals surface area contributed by atoms with Crippen LogP contribution < -0.4 is 5.32 Å². The molecule has 240 valence electrons. The molecule has 6 aromatic rings. The van der Waals surface area contributed by atoms with Gasteiger partial charge in [-0.1, -0.05) is 23.7 Å². The van der Waals surface area contributed by atoms with Crippen LogP contribution in [-0.4, -0.2) is 42.5 Å². The summed E-state index contributed by atoms with van der Waals surface area (Å²) in [4.78, 5) is 31.4. The average Bonchev–Trinajstić information content (AvgIpc) is 3.92. The number of amides is 1. The first-order chi connectivity index (χ1) is 23.4. The molecule has 12 heteroatoms. The summed E-state index contributed by atoms with van der Waals surface area (Å²) >= 11 is 8.05. The number of halogens is 2. The zero-order valence-electron chi connectivity index (χ0n) is 26.0.